The Labute approximate surface area is 247 Å². The number of aryl methyl sites for hydroxylation is 1. The minimum atomic E-state index is -3.26. The third-order valence-corrected chi connectivity index (χ3v) is 9.62. The number of rotatable bonds is 11. The lowest BCUT2D eigenvalue weighted by molar-refractivity contribution is -0.134. The van der Waals surface area contributed by atoms with E-state index >= 15 is 0 Å². The second-order valence-electron chi connectivity index (χ2n) is 11.8. The van der Waals surface area contributed by atoms with Gasteiger partial charge < -0.3 is 20.9 Å². The number of sulfone groups is 1. The van der Waals surface area contributed by atoms with Gasteiger partial charge in [0.1, 0.15) is 5.52 Å². The molecular weight excluding hydrogens is 554 g/mol. The Kier molecular flexibility index (Phi) is 9.24. The Hall–Kier alpha value is -3.35. The Morgan fingerprint density at radius 3 is 2.52 bits per heavy atom. The number of nitrogens with one attached hydrogen (secondary N) is 1. The topological polar surface area (TPSA) is 144 Å². The molecule has 3 aromatic rings. The summed E-state index contributed by atoms with van der Waals surface area (Å²) in [6.07, 6.45) is 5.42. The van der Waals surface area contributed by atoms with Crippen LogP contribution in [0.15, 0.2) is 47.4 Å². The fraction of sp³-hybridized carbons (Fsp3) is 0.533. The summed E-state index contributed by atoms with van der Waals surface area (Å²) in [6.45, 7) is 3.38. The molecule has 2 amide bonds. The number of nitrogens with zero attached hydrogens (tertiary/aromatic N) is 5. The number of hydrogen-bond acceptors (Lipinski definition) is 8. The van der Waals surface area contributed by atoms with E-state index in [0.29, 0.717) is 31.0 Å². The van der Waals surface area contributed by atoms with Gasteiger partial charge in [0.05, 0.1) is 16.5 Å². The van der Waals surface area contributed by atoms with Gasteiger partial charge in [-0.15, -0.1) is 5.10 Å². The van der Waals surface area contributed by atoms with Crippen molar-refractivity contribution >= 4 is 32.7 Å². The molecule has 226 valence electrons. The maximum atomic E-state index is 13.6. The summed E-state index contributed by atoms with van der Waals surface area (Å²) in [5, 5.41) is 11.8. The average Bonchev–Trinajstić information content (AvgIpc) is 3.72. The van der Waals surface area contributed by atoms with Crippen molar-refractivity contribution in [3.63, 3.8) is 0 Å². The normalized spacial score (nSPS) is 20.0. The molecule has 12 heteroatoms. The van der Waals surface area contributed by atoms with Gasteiger partial charge >= 0.3 is 0 Å². The molecular formula is C30H41N7O4S. The Bertz CT molecular complexity index is 1520. The molecule has 0 bridgehead atoms. The molecule has 1 aromatic heterocycles. The molecule has 3 unspecified atom stereocenters. The van der Waals surface area contributed by atoms with Crippen molar-refractivity contribution in [1.82, 2.24) is 30.1 Å². The van der Waals surface area contributed by atoms with Crippen LogP contribution in [0, 0.1) is 5.92 Å². The van der Waals surface area contributed by atoms with Crippen LogP contribution in [0.3, 0.4) is 0 Å². The van der Waals surface area contributed by atoms with Gasteiger partial charge in [0.25, 0.3) is 0 Å². The Morgan fingerprint density at radius 2 is 1.81 bits per heavy atom. The second-order valence-corrected chi connectivity index (χ2v) is 13.8. The summed E-state index contributed by atoms with van der Waals surface area (Å²) in [4.78, 5) is 30.2. The summed E-state index contributed by atoms with van der Waals surface area (Å²) in [5.74, 6) is 0.164. The van der Waals surface area contributed by atoms with E-state index in [4.69, 9.17) is 5.73 Å². The molecule has 2 aliphatic heterocycles. The SMILES string of the molecule is Cn1nnc2cc(CNCC3CC(Cc4ccc(S(C)(=O)=O)cc4)CN3C(=O)C(N)CCC(=O)N3CCCC3)ccc21. The van der Waals surface area contributed by atoms with Crippen molar-refractivity contribution in [3.05, 3.63) is 53.6 Å². The number of likely N-dealkylation sites (tertiary alicyclic amines) is 2. The highest BCUT2D eigenvalue weighted by atomic mass is 32.2. The molecule has 3 heterocycles. The van der Waals surface area contributed by atoms with Crippen LogP contribution in [-0.4, -0.2) is 89.5 Å². The number of carbonyl (C=O) groups excluding carboxylic acids is 2. The molecule has 3 atom stereocenters. The number of carbonyl (C=O) groups is 2. The first-order valence-electron chi connectivity index (χ1n) is 14.7. The van der Waals surface area contributed by atoms with Crippen LogP contribution in [0.5, 0.6) is 0 Å². The van der Waals surface area contributed by atoms with Crippen LogP contribution in [0.2, 0.25) is 0 Å². The van der Waals surface area contributed by atoms with Crippen molar-refractivity contribution in [3.8, 4) is 0 Å². The molecule has 2 saturated heterocycles. The molecule has 2 fully saturated rings. The lowest BCUT2D eigenvalue weighted by Gasteiger charge is -2.28. The summed E-state index contributed by atoms with van der Waals surface area (Å²) >= 11 is 0. The molecule has 0 radical (unpaired) electrons. The van der Waals surface area contributed by atoms with E-state index in [1.165, 1.54) is 6.26 Å². The lowest BCUT2D eigenvalue weighted by atomic mass is 9.97. The highest BCUT2D eigenvalue weighted by Gasteiger charge is 2.37. The maximum Gasteiger partial charge on any atom is 0.239 e. The zero-order valence-corrected chi connectivity index (χ0v) is 25.2. The van der Waals surface area contributed by atoms with Gasteiger partial charge in [-0.05, 0) is 73.4 Å². The Morgan fingerprint density at radius 1 is 1.10 bits per heavy atom. The molecule has 2 aromatic carbocycles. The molecule has 0 spiro atoms. The fourth-order valence-electron chi connectivity index (χ4n) is 6.15. The van der Waals surface area contributed by atoms with E-state index in [0.717, 1.165) is 60.9 Å². The van der Waals surface area contributed by atoms with Crippen molar-refractivity contribution in [1.29, 1.82) is 0 Å². The smallest absolute Gasteiger partial charge is 0.239 e. The first-order valence-corrected chi connectivity index (χ1v) is 16.6. The number of benzene rings is 2. The van der Waals surface area contributed by atoms with Crippen LogP contribution in [0.25, 0.3) is 11.0 Å². The van der Waals surface area contributed by atoms with Crippen LogP contribution >= 0.6 is 0 Å². The van der Waals surface area contributed by atoms with E-state index in [1.807, 2.05) is 47.2 Å². The Balaban J connectivity index is 1.23. The van der Waals surface area contributed by atoms with E-state index in [9.17, 15) is 18.0 Å². The number of aromatic nitrogens is 3. The third kappa shape index (κ3) is 7.16. The van der Waals surface area contributed by atoms with Crippen molar-refractivity contribution in [2.24, 2.45) is 18.7 Å². The van der Waals surface area contributed by atoms with Gasteiger partial charge in [0, 0.05) is 58.5 Å². The summed E-state index contributed by atoms with van der Waals surface area (Å²) in [5.41, 5.74) is 10.3. The molecule has 5 rings (SSSR count). The zero-order chi connectivity index (χ0) is 29.9. The largest absolute Gasteiger partial charge is 0.343 e. The van der Waals surface area contributed by atoms with Gasteiger partial charge in [-0.1, -0.05) is 23.4 Å². The summed E-state index contributed by atoms with van der Waals surface area (Å²) < 4.78 is 25.5. The average molecular weight is 596 g/mol. The van der Waals surface area contributed by atoms with Gasteiger partial charge in [-0.3, -0.25) is 9.59 Å². The van der Waals surface area contributed by atoms with E-state index in [-0.39, 0.29) is 30.2 Å². The van der Waals surface area contributed by atoms with E-state index in [2.05, 4.69) is 15.6 Å². The summed E-state index contributed by atoms with van der Waals surface area (Å²) in [7, 11) is -1.39. The molecule has 11 nitrogen and oxygen atoms in total. The minimum Gasteiger partial charge on any atom is -0.343 e. The zero-order valence-electron chi connectivity index (χ0n) is 24.4. The fourth-order valence-corrected chi connectivity index (χ4v) is 6.78. The minimum absolute atomic E-state index is 0.0432. The predicted molar refractivity (Wildman–Crippen MR) is 160 cm³/mol. The molecule has 2 aliphatic rings. The molecule has 0 aliphatic carbocycles. The van der Waals surface area contributed by atoms with Crippen LogP contribution in [0.1, 0.15) is 43.2 Å². The first-order chi connectivity index (χ1) is 20.1. The number of fused-ring (bicyclic) bond motifs is 1. The lowest BCUT2D eigenvalue weighted by Crippen LogP contribution is -2.49. The number of hydrogen-bond donors (Lipinski definition) is 2. The first kappa shape index (κ1) is 30.1. The van der Waals surface area contributed by atoms with Gasteiger partial charge in [0.2, 0.25) is 11.8 Å². The highest BCUT2D eigenvalue weighted by Crippen LogP contribution is 2.28. The standard InChI is InChI=1S/C30H41N7O4S/c1-35-28-11-7-22(17-27(28)33-34-35)18-32-19-24-16-23(15-21-5-8-25(9-6-21)42(2,40)41)20-37(24)30(39)26(31)10-12-29(38)36-13-3-4-14-36/h5-9,11,17,23-24,26,32H,3-4,10,12-16,18-20,31H2,1-2H3. The summed E-state index contributed by atoms with van der Waals surface area (Å²) in [6, 6.07) is 12.3. The monoisotopic (exact) mass is 595 g/mol. The van der Waals surface area contributed by atoms with Crippen LogP contribution < -0.4 is 11.1 Å². The quantitative estimate of drug-likeness (QED) is 0.341. The van der Waals surface area contributed by atoms with Crippen LogP contribution in [-0.2, 0) is 39.4 Å². The number of amides is 2. The number of nitrogens with two attached hydrogens (primary N) is 1. The third-order valence-electron chi connectivity index (χ3n) is 8.49. The van der Waals surface area contributed by atoms with Gasteiger partial charge in [-0.2, -0.15) is 0 Å². The van der Waals surface area contributed by atoms with Crippen molar-refractivity contribution < 1.29 is 18.0 Å². The van der Waals surface area contributed by atoms with Gasteiger partial charge in [0.15, 0.2) is 9.84 Å². The van der Waals surface area contributed by atoms with Crippen molar-refractivity contribution in [2.75, 3.05) is 32.4 Å². The second kappa shape index (κ2) is 12.9. The highest BCUT2D eigenvalue weighted by molar-refractivity contribution is 7.90. The van der Waals surface area contributed by atoms with E-state index < -0.39 is 15.9 Å². The van der Waals surface area contributed by atoms with Crippen molar-refractivity contribution in [2.45, 2.75) is 62.0 Å². The van der Waals surface area contributed by atoms with Crippen LogP contribution in [0.4, 0.5) is 0 Å². The molecule has 0 saturated carbocycles. The molecule has 3 N–H and O–H groups in total. The predicted octanol–water partition coefficient (Wildman–Crippen LogP) is 1.65. The van der Waals surface area contributed by atoms with Gasteiger partial charge in [-0.25, -0.2) is 13.1 Å². The molecule has 42 heavy (non-hydrogen) atoms. The van der Waals surface area contributed by atoms with E-state index in [1.54, 1.807) is 16.8 Å². The maximum absolute atomic E-state index is 13.6.